The van der Waals surface area contributed by atoms with E-state index in [4.69, 9.17) is 9.15 Å². The van der Waals surface area contributed by atoms with Gasteiger partial charge in [-0.15, -0.1) is 0 Å². The van der Waals surface area contributed by atoms with Crippen molar-refractivity contribution in [2.24, 2.45) is 17.3 Å². The van der Waals surface area contributed by atoms with Gasteiger partial charge in [0.1, 0.15) is 22.7 Å². The smallest absolute Gasteiger partial charge is 0.336 e. The van der Waals surface area contributed by atoms with Crippen LogP contribution in [0.4, 0.5) is 0 Å². The van der Waals surface area contributed by atoms with E-state index in [1.54, 1.807) is 12.1 Å². The van der Waals surface area contributed by atoms with E-state index in [9.17, 15) is 9.90 Å². The molecular weight excluding hydrogens is 292 g/mol. The van der Waals surface area contributed by atoms with Gasteiger partial charge in [0.15, 0.2) is 0 Å². The summed E-state index contributed by atoms with van der Waals surface area (Å²) < 4.78 is 11.7. The molecular formula is C19H20O4. The van der Waals surface area contributed by atoms with Gasteiger partial charge in [0.2, 0.25) is 0 Å². The van der Waals surface area contributed by atoms with Crippen LogP contribution in [0.1, 0.15) is 45.1 Å². The lowest BCUT2D eigenvalue weighted by atomic mass is 9.45. The van der Waals surface area contributed by atoms with Crippen molar-refractivity contribution in [1.82, 2.24) is 0 Å². The molecule has 1 aromatic heterocycles. The van der Waals surface area contributed by atoms with E-state index >= 15 is 0 Å². The van der Waals surface area contributed by atoms with Gasteiger partial charge in [-0.25, -0.2) is 4.79 Å². The van der Waals surface area contributed by atoms with Gasteiger partial charge in [-0.2, -0.15) is 0 Å². The molecule has 0 saturated heterocycles. The fourth-order valence-electron chi connectivity index (χ4n) is 5.71. The Morgan fingerprint density at radius 1 is 1.26 bits per heavy atom. The summed E-state index contributed by atoms with van der Waals surface area (Å²) in [7, 11) is 0. The van der Waals surface area contributed by atoms with Gasteiger partial charge in [0.05, 0.1) is 5.39 Å². The van der Waals surface area contributed by atoms with Crippen LogP contribution >= 0.6 is 0 Å². The Kier molecular flexibility index (Phi) is 2.19. The second-order valence-electron chi connectivity index (χ2n) is 8.19. The Morgan fingerprint density at radius 2 is 2.04 bits per heavy atom. The lowest BCUT2D eigenvalue weighted by molar-refractivity contribution is -0.120. The number of fused-ring (bicyclic) bond motifs is 4. The monoisotopic (exact) mass is 312 g/mol. The third-order valence-corrected chi connectivity index (χ3v) is 6.75. The van der Waals surface area contributed by atoms with Crippen LogP contribution < -0.4 is 10.4 Å². The molecule has 2 aromatic rings. The third kappa shape index (κ3) is 1.41. The first-order chi connectivity index (χ1) is 10.8. The summed E-state index contributed by atoms with van der Waals surface area (Å²) in [6.45, 7) is 6.79. The molecule has 1 aliphatic heterocycles. The molecule has 0 unspecified atom stereocenters. The van der Waals surface area contributed by atoms with E-state index in [-0.39, 0.29) is 16.8 Å². The van der Waals surface area contributed by atoms with Crippen molar-refractivity contribution in [2.45, 2.75) is 45.1 Å². The molecule has 5 rings (SSSR count). The summed E-state index contributed by atoms with van der Waals surface area (Å²) in [6.07, 6.45) is 2.21. The van der Waals surface area contributed by atoms with Crippen molar-refractivity contribution in [1.29, 1.82) is 0 Å². The standard InChI is InChI=1S/C19H20O4/c1-18(2)10-6-7-19(3)15(10)16(18)14-11(20)8-12-9(17(14)23-19)4-5-13(21)22-12/h4-5,8,10,15-16,20H,6-7H2,1-3H3/t10-,15+,16+,19+/m1/s1. The van der Waals surface area contributed by atoms with E-state index < -0.39 is 5.63 Å². The highest BCUT2D eigenvalue weighted by Crippen LogP contribution is 2.74. The van der Waals surface area contributed by atoms with Crippen LogP contribution in [0.15, 0.2) is 27.4 Å². The van der Waals surface area contributed by atoms with Crippen LogP contribution in [0.5, 0.6) is 11.5 Å². The first kappa shape index (κ1) is 13.5. The van der Waals surface area contributed by atoms with Gasteiger partial charge in [0, 0.05) is 29.5 Å². The number of ether oxygens (including phenoxy) is 1. The molecule has 3 aliphatic rings. The van der Waals surface area contributed by atoms with Crippen molar-refractivity contribution in [3.8, 4) is 11.5 Å². The molecule has 2 heterocycles. The zero-order chi connectivity index (χ0) is 16.1. The lowest BCUT2D eigenvalue weighted by Crippen LogP contribution is -2.59. The maximum atomic E-state index is 11.5. The van der Waals surface area contributed by atoms with Crippen LogP contribution in [0.2, 0.25) is 0 Å². The summed E-state index contributed by atoms with van der Waals surface area (Å²) >= 11 is 0. The normalized spacial score (nSPS) is 36.0. The fraction of sp³-hybridized carbons (Fsp3) is 0.526. The number of benzene rings is 1. The molecule has 2 saturated carbocycles. The zero-order valence-electron chi connectivity index (χ0n) is 13.6. The van der Waals surface area contributed by atoms with E-state index in [0.717, 1.165) is 17.4 Å². The van der Waals surface area contributed by atoms with Crippen LogP contribution in [0, 0.1) is 17.3 Å². The average Bonchev–Trinajstić information content (AvgIpc) is 2.81. The number of phenols is 1. The molecule has 4 heteroatoms. The first-order valence-corrected chi connectivity index (χ1v) is 8.32. The maximum Gasteiger partial charge on any atom is 0.336 e. The van der Waals surface area contributed by atoms with Gasteiger partial charge in [-0.3, -0.25) is 0 Å². The summed E-state index contributed by atoms with van der Waals surface area (Å²) in [5.74, 6) is 2.30. The lowest BCUT2D eigenvalue weighted by Gasteiger charge is -2.62. The Balaban J connectivity index is 1.85. The Bertz CT molecular complexity index is 909. The van der Waals surface area contributed by atoms with Gasteiger partial charge < -0.3 is 14.3 Å². The minimum atomic E-state index is -0.415. The second kappa shape index (κ2) is 3.74. The molecule has 120 valence electrons. The maximum absolute atomic E-state index is 11.5. The van der Waals surface area contributed by atoms with Gasteiger partial charge >= 0.3 is 5.63 Å². The van der Waals surface area contributed by atoms with Crippen LogP contribution in [0.25, 0.3) is 11.0 Å². The number of hydrogen-bond acceptors (Lipinski definition) is 4. The Labute approximate surface area is 134 Å². The zero-order valence-corrected chi connectivity index (χ0v) is 13.6. The van der Waals surface area contributed by atoms with Gasteiger partial charge in [0.25, 0.3) is 0 Å². The molecule has 0 spiro atoms. The van der Waals surface area contributed by atoms with Crippen molar-refractivity contribution in [3.05, 3.63) is 34.2 Å². The summed E-state index contributed by atoms with van der Waals surface area (Å²) in [4.78, 5) is 11.5. The Hall–Kier alpha value is -1.97. The summed E-state index contributed by atoms with van der Waals surface area (Å²) in [5, 5.41) is 11.4. The Morgan fingerprint density at radius 3 is 2.83 bits per heavy atom. The summed E-state index contributed by atoms with van der Waals surface area (Å²) in [6, 6.07) is 4.74. The average molecular weight is 312 g/mol. The second-order valence-corrected chi connectivity index (χ2v) is 8.19. The number of hydrogen-bond donors (Lipinski definition) is 1. The highest BCUT2D eigenvalue weighted by Gasteiger charge is 2.69. The van der Waals surface area contributed by atoms with E-state index in [1.807, 2.05) is 0 Å². The van der Waals surface area contributed by atoms with Gasteiger partial charge in [-0.1, -0.05) is 13.8 Å². The number of aromatic hydroxyl groups is 1. The van der Waals surface area contributed by atoms with Crippen LogP contribution in [0.3, 0.4) is 0 Å². The molecule has 2 fully saturated rings. The SMILES string of the molecule is CC1(C)[C@@H]2CC[C@]3(C)Oc4c(c(O)cc5oc(=O)ccc45)[C@H]1[C@H]23. The molecule has 2 aliphatic carbocycles. The number of phenolic OH excluding ortho intramolecular Hbond substituents is 1. The molecule has 4 nitrogen and oxygen atoms in total. The molecule has 0 amide bonds. The molecule has 23 heavy (non-hydrogen) atoms. The number of rotatable bonds is 0. The third-order valence-electron chi connectivity index (χ3n) is 6.75. The van der Waals surface area contributed by atoms with Crippen molar-refractivity contribution < 1.29 is 14.3 Å². The fourth-order valence-corrected chi connectivity index (χ4v) is 5.71. The van der Waals surface area contributed by atoms with E-state index in [0.29, 0.717) is 29.1 Å². The van der Waals surface area contributed by atoms with E-state index in [1.165, 1.54) is 12.5 Å². The van der Waals surface area contributed by atoms with Crippen molar-refractivity contribution in [3.63, 3.8) is 0 Å². The predicted octanol–water partition coefficient (Wildman–Crippen LogP) is 3.80. The highest BCUT2D eigenvalue weighted by atomic mass is 16.5. The van der Waals surface area contributed by atoms with Crippen molar-refractivity contribution >= 4 is 11.0 Å². The molecule has 0 bridgehead atoms. The molecule has 1 aromatic carbocycles. The quantitative estimate of drug-likeness (QED) is 0.752. The minimum absolute atomic E-state index is 0.154. The highest BCUT2D eigenvalue weighted by molar-refractivity contribution is 5.88. The topological polar surface area (TPSA) is 59.7 Å². The minimum Gasteiger partial charge on any atom is -0.507 e. The molecule has 4 atom stereocenters. The predicted molar refractivity (Wildman–Crippen MR) is 85.9 cm³/mol. The van der Waals surface area contributed by atoms with E-state index in [2.05, 4.69) is 20.8 Å². The van der Waals surface area contributed by atoms with Gasteiger partial charge in [-0.05, 0) is 37.2 Å². The largest absolute Gasteiger partial charge is 0.507 e. The van der Waals surface area contributed by atoms with Crippen LogP contribution in [-0.4, -0.2) is 10.7 Å². The van der Waals surface area contributed by atoms with Crippen LogP contribution in [-0.2, 0) is 0 Å². The molecule has 0 radical (unpaired) electrons. The van der Waals surface area contributed by atoms with Crippen molar-refractivity contribution in [2.75, 3.05) is 0 Å². The first-order valence-electron chi connectivity index (χ1n) is 8.32. The molecule has 1 N–H and O–H groups in total. The summed E-state index contributed by atoms with van der Waals surface area (Å²) in [5.41, 5.74) is 0.845.